The third kappa shape index (κ3) is 4.32. The summed E-state index contributed by atoms with van der Waals surface area (Å²) in [5.41, 5.74) is 0.273. The molecule has 5 nitrogen and oxygen atoms in total. The number of nitrogens with zero attached hydrogens (tertiary/aromatic N) is 2. The number of carbonyl (C=O) groups excluding carboxylic acids is 1. The molecule has 6 heteroatoms. The maximum Gasteiger partial charge on any atom is 0.271 e. The van der Waals surface area contributed by atoms with Gasteiger partial charge in [-0.25, -0.2) is 4.98 Å². The van der Waals surface area contributed by atoms with Crippen LogP contribution in [0.15, 0.2) is 12.1 Å². The molecule has 0 bridgehead atoms. The quantitative estimate of drug-likeness (QED) is 0.877. The van der Waals surface area contributed by atoms with Gasteiger partial charge in [-0.3, -0.25) is 9.69 Å². The third-order valence-electron chi connectivity index (χ3n) is 3.89. The Kier molecular flexibility index (Phi) is 5.82. The fraction of sp³-hybridized carbons (Fsp3) is 0.600. The molecule has 21 heavy (non-hydrogen) atoms. The number of likely N-dealkylation sites (tertiary alicyclic amines) is 1. The van der Waals surface area contributed by atoms with Crippen LogP contribution in [0.4, 0.5) is 5.82 Å². The van der Waals surface area contributed by atoms with E-state index in [-0.39, 0.29) is 11.6 Å². The molecule has 2 heterocycles. The normalized spacial score (nSPS) is 17.3. The van der Waals surface area contributed by atoms with E-state index in [9.17, 15) is 4.79 Å². The lowest BCUT2D eigenvalue weighted by molar-refractivity contribution is 0.0925. The Bertz CT molecular complexity index is 489. The van der Waals surface area contributed by atoms with E-state index >= 15 is 0 Å². The van der Waals surface area contributed by atoms with Crippen LogP contribution in [-0.2, 0) is 0 Å². The van der Waals surface area contributed by atoms with E-state index in [4.69, 9.17) is 11.6 Å². The van der Waals surface area contributed by atoms with Crippen LogP contribution in [-0.4, -0.2) is 48.5 Å². The van der Waals surface area contributed by atoms with Crippen LogP contribution in [0.3, 0.4) is 0 Å². The first-order valence-corrected chi connectivity index (χ1v) is 7.86. The number of anilines is 1. The van der Waals surface area contributed by atoms with Gasteiger partial charge in [0.2, 0.25) is 0 Å². The molecule has 0 aromatic carbocycles. The molecule has 1 saturated heterocycles. The number of rotatable bonds is 5. The van der Waals surface area contributed by atoms with Gasteiger partial charge in [0.15, 0.2) is 0 Å². The minimum absolute atomic E-state index is 0.221. The van der Waals surface area contributed by atoms with Crippen LogP contribution in [0.25, 0.3) is 0 Å². The van der Waals surface area contributed by atoms with Crippen molar-refractivity contribution in [1.29, 1.82) is 0 Å². The van der Waals surface area contributed by atoms with Gasteiger partial charge in [-0.05, 0) is 45.0 Å². The van der Waals surface area contributed by atoms with E-state index < -0.39 is 0 Å². The van der Waals surface area contributed by atoms with Crippen molar-refractivity contribution in [3.05, 3.63) is 22.8 Å². The highest BCUT2D eigenvalue weighted by molar-refractivity contribution is 6.33. The van der Waals surface area contributed by atoms with Gasteiger partial charge in [-0.15, -0.1) is 0 Å². The summed E-state index contributed by atoms with van der Waals surface area (Å²) >= 11 is 6.05. The Balaban J connectivity index is 1.92. The molecular formula is C15H23ClN4O. The first-order valence-electron chi connectivity index (χ1n) is 7.48. The van der Waals surface area contributed by atoms with Crippen LogP contribution in [0.5, 0.6) is 0 Å². The van der Waals surface area contributed by atoms with Crippen molar-refractivity contribution in [2.45, 2.75) is 32.2 Å². The predicted octanol–water partition coefficient (Wildman–Crippen LogP) is 2.38. The van der Waals surface area contributed by atoms with Gasteiger partial charge >= 0.3 is 0 Å². The molecule has 1 unspecified atom stereocenters. The zero-order chi connectivity index (χ0) is 15.2. The molecule has 2 N–H and O–H groups in total. The molecular weight excluding hydrogens is 288 g/mol. The van der Waals surface area contributed by atoms with Crippen LogP contribution < -0.4 is 10.6 Å². The van der Waals surface area contributed by atoms with Gasteiger partial charge in [0.05, 0.1) is 5.02 Å². The number of pyridine rings is 1. The van der Waals surface area contributed by atoms with Crippen LogP contribution >= 0.6 is 11.6 Å². The maximum atomic E-state index is 12.2. The van der Waals surface area contributed by atoms with Crippen LogP contribution in [0.1, 0.15) is 36.7 Å². The largest absolute Gasteiger partial charge is 0.373 e. The van der Waals surface area contributed by atoms with Crippen molar-refractivity contribution >= 4 is 23.3 Å². The summed E-state index contributed by atoms with van der Waals surface area (Å²) in [5.74, 6) is 0.412. The minimum Gasteiger partial charge on any atom is -0.373 e. The van der Waals surface area contributed by atoms with E-state index in [0.29, 0.717) is 23.4 Å². The Morgan fingerprint density at radius 1 is 1.38 bits per heavy atom. The molecule has 0 saturated carbocycles. The van der Waals surface area contributed by atoms with E-state index in [1.807, 2.05) is 0 Å². The zero-order valence-electron chi connectivity index (χ0n) is 12.7. The Labute approximate surface area is 131 Å². The second-order valence-electron chi connectivity index (χ2n) is 5.43. The number of hydrogen-bond donors (Lipinski definition) is 2. The molecule has 1 atom stereocenters. The highest BCUT2D eigenvalue weighted by Crippen LogP contribution is 2.16. The van der Waals surface area contributed by atoms with Crippen molar-refractivity contribution < 1.29 is 4.79 Å². The summed E-state index contributed by atoms with van der Waals surface area (Å²) in [6.07, 6.45) is 3.80. The second kappa shape index (κ2) is 7.61. The van der Waals surface area contributed by atoms with Gasteiger partial charge in [0, 0.05) is 19.6 Å². The monoisotopic (exact) mass is 310 g/mol. The van der Waals surface area contributed by atoms with E-state index in [0.717, 1.165) is 13.1 Å². The summed E-state index contributed by atoms with van der Waals surface area (Å²) in [7, 11) is 1.76. The lowest BCUT2D eigenvalue weighted by atomic mass is 10.1. The summed E-state index contributed by atoms with van der Waals surface area (Å²) < 4.78 is 0. The molecule has 1 aromatic rings. The molecule has 1 amide bonds. The predicted molar refractivity (Wildman–Crippen MR) is 86.0 cm³/mol. The van der Waals surface area contributed by atoms with Crippen LogP contribution in [0.2, 0.25) is 5.02 Å². The summed E-state index contributed by atoms with van der Waals surface area (Å²) in [5, 5.41) is 6.21. The van der Waals surface area contributed by atoms with E-state index in [1.54, 1.807) is 19.2 Å². The standard InChI is InChI=1S/C15H23ClN4O/c1-11(20-8-4-3-5-9-20)10-18-15(21)14-12(16)6-7-13(17-2)19-14/h6-7,11H,3-5,8-10H2,1-2H3,(H,17,19)(H,18,21). The Morgan fingerprint density at radius 3 is 2.76 bits per heavy atom. The lowest BCUT2D eigenvalue weighted by Gasteiger charge is -2.32. The second-order valence-corrected chi connectivity index (χ2v) is 5.84. The van der Waals surface area contributed by atoms with Gasteiger partial charge in [-0.2, -0.15) is 0 Å². The molecule has 0 spiro atoms. The minimum atomic E-state index is -0.221. The Hall–Kier alpha value is -1.33. The summed E-state index contributed by atoms with van der Waals surface area (Å²) in [4.78, 5) is 18.8. The third-order valence-corrected chi connectivity index (χ3v) is 4.19. The smallest absolute Gasteiger partial charge is 0.271 e. The highest BCUT2D eigenvalue weighted by Gasteiger charge is 2.19. The van der Waals surface area contributed by atoms with E-state index in [2.05, 4.69) is 27.4 Å². The zero-order valence-corrected chi connectivity index (χ0v) is 13.4. The summed E-state index contributed by atoms with van der Waals surface area (Å²) in [6.45, 7) is 4.99. The van der Waals surface area contributed by atoms with Crippen molar-refractivity contribution in [2.75, 3.05) is 32.0 Å². The maximum absolute atomic E-state index is 12.2. The molecule has 1 aromatic heterocycles. The number of halogens is 1. The van der Waals surface area contributed by atoms with Crippen molar-refractivity contribution in [1.82, 2.24) is 15.2 Å². The molecule has 2 rings (SSSR count). The number of piperidine rings is 1. The number of carbonyl (C=O) groups is 1. The number of aromatic nitrogens is 1. The van der Waals surface area contributed by atoms with Gasteiger partial charge in [-0.1, -0.05) is 18.0 Å². The molecule has 0 aliphatic carbocycles. The fourth-order valence-corrected chi connectivity index (χ4v) is 2.74. The van der Waals surface area contributed by atoms with Gasteiger partial charge < -0.3 is 10.6 Å². The number of amides is 1. The van der Waals surface area contributed by atoms with Crippen molar-refractivity contribution in [3.8, 4) is 0 Å². The SMILES string of the molecule is CNc1ccc(Cl)c(C(=O)NCC(C)N2CCCCC2)n1. The van der Waals surface area contributed by atoms with E-state index in [1.165, 1.54) is 19.3 Å². The van der Waals surface area contributed by atoms with Crippen LogP contribution in [0, 0.1) is 0 Å². The topological polar surface area (TPSA) is 57.3 Å². The Morgan fingerprint density at radius 2 is 2.10 bits per heavy atom. The van der Waals surface area contributed by atoms with Crippen molar-refractivity contribution in [3.63, 3.8) is 0 Å². The number of nitrogens with one attached hydrogen (secondary N) is 2. The molecule has 1 aliphatic rings. The highest BCUT2D eigenvalue weighted by atomic mass is 35.5. The lowest BCUT2D eigenvalue weighted by Crippen LogP contribution is -2.44. The summed E-state index contributed by atoms with van der Waals surface area (Å²) in [6, 6.07) is 3.76. The molecule has 116 valence electrons. The molecule has 0 radical (unpaired) electrons. The average molecular weight is 311 g/mol. The first-order chi connectivity index (χ1) is 10.1. The molecule has 1 aliphatic heterocycles. The number of hydrogen-bond acceptors (Lipinski definition) is 4. The van der Waals surface area contributed by atoms with Gasteiger partial charge in [0.1, 0.15) is 11.5 Å². The average Bonchev–Trinajstić information content (AvgIpc) is 2.53. The van der Waals surface area contributed by atoms with Crippen molar-refractivity contribution in [2.24, 2.45) is 0 Å². The fourth-order valence-electron chi connectivity index (χ4n) is 2.55. The first kappa shape index (κ1) is 16.0. The molecule has 1 fully saturated rings. The van der Waals surface area contributed by atoms with Gasteiger partial charge in [0.25, 0.3) is 5.91 Å².